The molecule has 0 amide bonds. The standard InChI is InChI=1S/C21H25ClFN7O2/c1-32-10-9-30-8-2-3-14(12-30)26-21-27-18-15(6-7-24-20(18)28-21)19(29-31)25-13-4-5-17(23)16(22)11-13/h4-7,11,14,31H,2-3,8-10,12H2,1H3,(H,25,29)(H2,24,26,27,28). The van der Waals surface area contributed by atoms with E-state index in [2.05, 4.69) is 35.6 Å². The van der Waals surface area contributed by atoms with Gasteiger partial charge in [-0.1, -0.05) is 16.8 Å². The van der Waals surface area contributed by atoms with E-state index in [0.717, 1.165) is 32.5 Å². The Morgan fingerprint density at radius 2 is 2.31 bits per heavy atom. The second-order valence-electron chi connectivity index (χ2n) is 7.62. The molecule has 2 aromatic heterocycles. The highest BCUT2D eigenvalue weighted by Crippen LogP contribution is 2.23. The van der Waals surface area contributed by atoms with E-state index in [1.807, 2.05) is 0 Å². The van der Waals surface area contributed by atoms with Crippen LogP contribution in [0.25, 0.3) is 11.2 Å². The first-order valence-electron chi connectivity index (χ1n) is 10.3. The highest BCUT2D eigenvalue weighted by Gasteiger charge is 2.21. The second-order valence-corrected chi connectivity index (χ2v) is 8.03. The first kappa shape index (κ1) is 22.3. The summed E-state index contributed by atoms with van der Waals surface area (Å²) in [6, 6.07) is 6.10. The molecule has 32 heavy (non-hydrogen) atoms. The summed E-state index contributed by atoms with van der Waals surface area (Å²) >= 11 is 5.85. The fourth-order valence-electron chi connectivity index (χ4n) is 3.82. The largest absolute Gasteiger partial charge is 0.409 e. The van der Waals surface area contributed by atoms with Crippen molar-refractivity contribution >= 4 is 40.2 Å². The van der Waals surface area contributed by atoms with Crippen molar-refractivity contribution < 1.29 is 14.3 Å². The van der Waals surface area contributed by atoms with Crippen LogP contribution in [0.3, 0.4) is 0 Å². The molecule has 1 saturated heterocycles. The number of amidine groups is 1. The highest BCUT2D eigenvalue weighted by atomic mass is 35.5. The summed E-state index contributed by atoms with van der Waals surface area (Å²) in [5.41, 5.74) is 2.13. The number of anilines is 2. The molecule has 9 nitrogen and oxygen atoms in total. The molecule has 1 unspecified atom stereocenters. The number of imidazole rings is 1. The fraction of sp³-hybridized carbons (Fsp3) is 0.381. The minimum atomic E-state index is -0.529. The van der Waals surface area contributed by atoms with E-state index < -0.39 is 5.82 Å². The monoisotopic (exact) mass is 461 g/mol. The van der Waals surface area contributed by atoms with Gasteiger partial charge in [0.25, 0.3) is 0 Å². The molecule has 0 aliphatic carbocycles. The number of halogens is 2. The van der Waals surface area contributed by atoms with E-state index in [-0.39, 0.29) is 16.9 Å². The quantitative estimate of drug-likeness (QED) is 0.184. The van der Waals surface area contributed by atoms with Crippen LogP contribution in [0.5, 0.6) is 0 Å². The minimum absolute atomic E-state index is 0.0350. The molecule has 3 aromatic rings. The van der Waals surface area contributed by atoms with Crippen LogP contribution in [-0.2, 0) is 4.74 Å². The van der Waals surface area contributed by atoms with Crippen LogP contribution in [-0.4, -0.2) is 70.3 Å². The van der Waals surface area contributed by atoms with Gasteiger partial charge in [-0.15, -0.1) is 0 Å². The number of benzene rings is 1. The maximum absolute atomic E-state index is 13.5. The van der Waals surface area contributed by atoms with Crippen molar-refractivity contribution in [2.24, 2.45) is 5.16 Å². The molecule has 11 heteroatoms. The van der Waals surface area contributed by atoms with Crippen LogP contribution in [0.4, 0.5) is 16.0 Å². The van der Waals surface area contributed by atoms with E-state index >= 15 is 0 Å². The zero-order valence-electron chi connectivity index (χ0n) is 17.6. The van der Waals surface area contributed by atoms with Crippen LogP contribution in [0.15, 0.2) is 35.6 Å². The average Bonchev–Trinajstić information content (AvgIpc) is 3.21. The third-order valence-corrected chi connectivity index (χ3v) is 5.68. The molecule has 1 aliphatic rings. The highest BCUT2D eigenvalue weighted by molar-refractivity contribution is 6.31. The van der Waals surface area contributed by atoms with Crippen LogP contribution in [0, 0.1) is 5.82 Å². The Hall–Kier alpha value is -2.95. The Labute approximate surface area is 189 Å². The van der Waals surface area contributed by atoms with Crippen LogP contribution >= 0.6 is 11.6 Å². The molecule has 1 fully saturated rings. The number of H-pyrrole nitrogens is 1. The van der Waals surface area contributed by atoms with Gasteiger partial charge in [0.2, 0.25) is 5.95 Å². The van der Waals surface area contributed by atoms with E-state index in [0.29, 0.717) is 35.0 Å². The van der Waals surface area contributed by atoms with Gasteiger partial charge in [-0.2, -0.15) is 4.98 Å². The zero-order chi connectivity index (χ0) is 22.5. The zero-order valence-corrected chi connectivity index (χ0v) is 18.4. The van der Waals surface area contributed by atoms with Gasteiger partial charge in [0.05, 0.1) is 17.1 Å². The van der Waals surface area contributed by atoms with Gasteiger partial charge in [0, 0.05) is 43.7 Å². The maximum atomic E-state index is 13.5. The number of ether oxygens (including phenoxy) is 1. The molecule has 1 aromatic carbocycles. The first-order valence-corrected chi connectivity index (χ1v) is 10.7. The molecule has 4 N–H and O–H groups in total. The number of hydrogen-bond acceptors (Lipinski definition) is 7. The predicted octanol–water partition coefficient (Wildman–Crippen LogP) is 3.52. The van der Waals surface area contributed by atoms with Crippen LogP contribution in [0.2, 0.25) is 5.02 Å². The van der Waals surface area contributed by atoms with Gasteiger partial charge < -0.3 is 25.6 Å². The van der Waals surface area contributed by atoms with Crippen molar-refractivity contribution in [2.75, 3.05) is 44.0 Å². The molecule has 1 atom stereocenters. The SMILES string of the molecule is COCCN1CCCC(Nc2nc3nccc(/C(=N\O)Nc4ccc(F)c(Cl)c4)c3[nH]2)C1. The van der Waals surface area contributed by atoms with Gasteiger partial charge in [0.15, 0.2) is 11.5 Å². The van der Waals surface area contributed by atoms with Crippen molar-refractivity contribution in [3.63, 3.8) is 0 Å². The van der Waals surface area contributed by atoms with Crippen molar-refractivity contribution in [1.82, 2.24) is 19.9 Å². The summed E-state index contributed by atoms with van der Waals surface area (Å²) in [6.45, 7) is 3.57. The van der Waals surface area contributed by atoms with Gasteiger partial charge in [-0.25, -0.2) is 9.37 Å². The smallest absolute Gasteiger partial charge is 0.202 e. The molecular formula is C21H25ClFN7O2. The number of pyridine rings is 1. The number of oxime groups is 1. The van der Waals surface area contributed by atoms with Gasteiger partial charge in [-0.05, 0) is 43.7 Å². The number of nitrogens with zero attached hydrogens (tertiary/aromatic N) is 4. The third-order valence-electron chi connectivity index (χ3n) is 5.39. The molecule has 3 heterocycles. The number of nitrogens with one attached hydrogen (secondary N) is 3. The summed E-state index contributed by atoms with van der Waals surface area (Å²) in [5, 5.41) is 19.4. The topological polar surface area (TPSA) is 111 Å². The number of aromatic amines is 1. The van der Waals surface area contributed by atoms with Gasteiger partial charge >= 0.3 is 0 Å². The lowest BCUT2D eigenvalue weighted by atomic mass is 10.1. The van der Waals surface area contributed by atoms with E-state index in [9.17, 15) is 9.60 Å². The number of fused-ring (bicyclic) bond motifs is 1. The van der Waals surface area contributed by atoms with E-state index in [4.69, 9.17) is 16.3 Å². The van der Waals surface area contributed by atoms with Crippen molar-refractivity contribution in [3.8, 4) is 0 Å². The minimum Gasteiger partial charge on any atom is -0.409 e. The predicted molar refractivity (Wildman–Crippen MR) is 122 cm³/mol. The third kappa shape index (κ3) is 5.09. The van der Waals surface area contributed by atoms with E-state index in [1.165, 1.54) is 18.2 Å². The number of aromatic nitrogens is 3. The number of piperidine rings is 1. The Bertz CT molecular complexity index is 1110. The summed E-state index contributed by atoms with van der Waals surface area (Å²) in [5.74, 6) is 0.220. The second kappa shape index (κ2) is 10.1. The molecular weight excluding hydrogens is 437 g/mol. The lowest BCUT2D eigenvalue weighted by molar-refractivity contribution is 0.131. The van der Waals surface area contributed by atoms with Gasteiger partial charge in [0.1, 0.15) is 5.82 Å². The summed E-state index contributed by atoms with van der Waals surface area (Å²) < 4.78 is 18.6. The fourth-order valence-corrected chi connectivity index (χ4v) is 4.00. The first-order chi connectivity index (χ1) is 15.6. The van der Waals surface area contributed by atoms with Crippen molar-refractivity contribution in [2.45, 2.75) is 18.9 Å². The van der Waals surface area contributed by atoms with Crippen molar-refractivity contribution in [1.29, 1.82) is 0 Å². The summed E-state index contributed by atoms with van der Waals surface area (Å²) in [7, 11) is 1.71. The molecule has 0 bridgehead atoms. The maximum Gasteiger partial charge on any atom is 0.202 e. The molecule has 170 valence electrons. The lowest BCUT2D eigenvalue weighted by Crippen LogP contribution is -2.43. The number of hydrogen-bond donors (Lipinski definition) is 4. The lowest BCUT2D eigenvalue weighted by Gasteiger charge is -2.32. The van der Waals surface area contributed by atoms with E-state index in [1.54, 1.807) is 19.4 Å². The van der Waals surface area contributed by atoms with Gasteiger partial charge in [-0.3, -0.25) is 4.90 Å². The van der Waals surface area contributed by atoms with Crippen LogP contribution < -0.4 is 10.6 Å². The van der Waals surface area contributed by atoms with Crippen molar-refractivity contribution in [3.05, 3.63) is 46.9 Å². The molecule has 1 aliphatic heterocycles. The Balaban J connectivity index is 1.53. The normalized spacial score (nSPS) is 17.6. The molecule has 4 rings (SSSR count). The Kier molecular flexibility index (Phi) is 7.03. The molecule has 0 radical (unpaired) electrons. The number of likely N-dealkylation sites (tertiary alicyclic amines) is 1. The summed E-state index contributed by atoms with van der Waals surface area (Å²) in [6.07, 6.45) is 3.72. The average molecular weight is 462 g/mol. The molecule has 0 spiro atoms. The summed E-state index contributed by atoms with van der Waals surface area (Å²) in [4.78, 5) is 14.5. The number of methoxy groups -OCH3 is 1. The molecule has 0 saturated carbocycles. The Morgan fingerprint density at radius 1 is 1.44 bits per heavy atom. The van der Waals surface area contributed by atoms with Crippen LogP contribution in [0.1, 0.15) is 18.4 Å². The Morgan fingerprint density at radius 3 is 3.09 bits per heavy atom. The number of rotatable bonds is 7.